The number of carbonyl (C=O) groups is 4. The summed E-state index contributed by atoms with van der Waals surface area (Å²) in [6.07, 6.45) is -0.820. The first-order valence-electron chi connectivity index (χ1n) is 16.6. The van der Waals surface area contributed by atoms with E-state index in [0.717, 1.165) is 11.1 Å². The van der Waals surface area contributed by atoms with Gasteiger partial charge in [-0.2, -0.15) is 0 Å². The van der Waals surface area contributed by atoms with Gasteiger partial charge in [-0.1, -0.05) is 18.1 Å². The van der Waals surface area contributed by atoms with Crippen molar-refractivity contribution in [3.8, 4) is 11.8 Å². The Morgan fingerprint density at radius 3 is 2.27 bits per heavy atom. The van der Waals surface area contributed by atoms with Crippen molar-refractivity contribution in [1.29, 1.82) is 0 Å². The first-order chi connectivity index (χ1) is 22.8. The van der Waals surface area contributed by atoms with Crippen LogP contribution in [0.4, 0.5) is 14.4 Å². The number of nitrogens with one attached hydrogen (secondary N) is 2. The number of nitrogens with two attached hydrogens (primary N) is 2. The van der Waals surface area contributed by atoms with Gasteiger partial charge in [-0.15, -0.1) is 0 Å². The number of ether oxygens (including phenoxy) is 4. The van der Waals surface area contributed by atoms with Gasteiger partial charge < -0.3 is 40.6 Å². The number of methoxy groups -OCH3 is 1. The number of esters is 1. The number of hydrogen-bond acceptors (Lipinski definition) is 9. The second-order valence-corrected chi connectivity index (χ2v) is 14.4. The van der Waals surface area contributed by atoms with Crippen LogP contribution in [0.2, 0.25) is 0 Å². The lowest BCUT2D eigenvalue weighted by atomic mass is 9.72. The molecule has 3 amide bonds. The molecule has 1 aromatic carbocycles. The summed E-state index contributed by atoms with van der Waals surface area (Å²) in [7, 11) is 1.34. The molecule has 1 aromatic rings. The molecule has 3 rings (SSSR count). The fraction of sp³-hybridized carbons (Fsp3) is 0.629. The minimum atomic E-state index is -1.28. The number of carbonyl (C=O) groups excluding carboxylic acids is 4. The third kappa shape index (κ3) is 11.8. The third-order valence-corrected chi connectivity index (χ3v) is 8.01. The number of aryl methyl sites for hydroxylation is 1. The molecule has 1 saturated heterocycles. The fourth-order valence-corrected chi connectivity index (χ4v) is 6.13. The number of aliphatic imine (C=N–C) groups is 1. The van der Waals surface area contributed by atoms with Crippen molar-refractivity contribution in [1.82, 2.24) is 15.5 Å². The molecule has 49 heavy (non-hydrogen) atoms. The number of hydrogen-bond donors (Lipinski definition) is 4. The highest BCUT2D eigenvalue weighted by Gasteiger charge is 2.54. The lowest BCUT2D eigenvalue weighted by Crippen LogP contribution is -2.54. The molecule has 0 spiro atoms. The molecule has 0 aromatic heterocycles. The molecule has 14 nitrogen and oxygen atoms in total. The third-order valence-electron chi connectivity index (χ3n) is 8.01. The minimum absolute atomic E-state index is 0.0108. The topological polar surface area (TPSA) is 197 Å². The predicted molar refractivity (Wildman–Crippen MR) is 183 cm³/mol. The average Bonchev–Trinajstić information content (AvgIpc) is 3.41. The van der Waals surface area contributed by atoms with Gasteiger partial charge in [0.2, 0.25) is 0 Å². The summed E-state index contributed by atoms with van der Waals surface area (Å²) < 4.78 is 22.3. The first-order valence-corrected chi connectivity index (χ1v) is 16.6. The highest BCUT2D eigenvalue weighted by molar-refractivity contribution is 5.82. The van der Waals surface area contributed by atoms with Gasteiger partial charge >= 0.3 is 24.2 Å². The van der Waals surface area contributed by atoms with Crippen molar-refractivity contribution >= 4 is 30.2 Å². The van der Waals surface area contributed by atoms with Crippen LogP contribution in [0.15, 0.2) is 29.3 Å². The standard InChI is InChI=1S/C35H52N6O8/c1-22-11-9-12-23(21-22)16-19-35(18-10-13-26-24(35)17-20-41(26)32(45)46-8)47-28(42)25(38-30(43)48-33(2,3)4)14-15-27(39-29(36)37)40-31(44)49-34(5,6)7/h9,11-12,21,24-27H,10,13-15,17-18,20H2,1-8H3,(H,38,43)(H,40,44)(H4,36,37,39)/t24-,25+,26-,27?,35-/m1/s1. The van der Waals surface area contributed by atoms with Crippen molar-refractivity contribution in [3.63, 3.8) is 0 Å². The summed E-state index contributed by atoms with van der Waals surface area (Å²) in [5.41, 5.74) is 10.1. The SMILES string of the molecule is COC(=O)N1CC[C@@H]2[C@H]1CCC[C@]2(C#Cc1cccc(C)c1)OC(=O)[C@H](CCC(N=C(N)N)NC(=O)OC(C)(C)C)NC(=O)OC(C)(C)C. The van der Waals surface area contributed by atoms with Crippen LogP contribution in [0.25, 0.3) is 0 Å². The summed E-state index contributed by atoms with van der Waals surface area (Å²) in [5.74, 6) is 5.14. The van der Waals surface area contributed by atoms with Crippen LogP contribution >= 0.6 is 0 Å². The van der Waals surface area contributed by atoms with Crippen molar-refractivity contribution in [2.75, 3.05) is 13.7 Å². The number of nitrogens with zero attached hydrogens (tertiary/aromatic N) is 2. The normalized spacial score (nSPS) is 21.4. The van der Waals surface area contributed by atoms with E-state index in [9.17, 15) is 19.2 Å². The Balaban J connectivity index is 1.97. The Bertz CT molecular complexity index is 1450. The highest BCUT2D eigenvalue weighted by atomic mass is 16.6. The minimum Gasteiger partial charge on any atom is -0.453 e. The van der Waals surface area contributed by atoms with Gasteiger partial charge in [-0.25, -0.2) is 24.2 Å². The van der Waals surface area contributed by atoms with Gasteiger partial charge in [0.1, 0.15) is 23.4 Å². The monoisotopic (exact) mass is 684 g/mol. The molecule has 1 heterocycles. The van der Waals surface area contributed by atoms with E-state index in [2.05, 4.69) is 27.5 Å². The summed E-state index contributed by atoms with van der Waals surface area (Å²) in [5, 5.41) is 5.23. The second-order valence-electron chi connectivity index (χ2n) is 14.4. The maximum Gasteiger partial charge on any atom is 0.409 e. The van der Waals surface area contributed by atoms with Crippen molar-refractivity contribution in [3.05, 3.63) is 35.4 Å². The van der Waals surface area contributed by atoms with Gasteiger partial charge in [0.15, 0.2) is 11.6 Å². The zero-order valence-electron chi connectivity index (χ0n) is 29.9. The number of guanidine groups is 1. The Kier molecular flexibility index (Phi) is 12.8. The largest absolute Gasteiger partial charge is 0.453 e. The summed E-state index contributed by atoms with van der Waals surface area (Å²) >= 11 is 0. The molecule has 270 valence electrons. The molecular weight excluding hydrogens is 632 g/mol. The van der Waals surface area contributed by atoms with Crippen molar-refractivity contribution in [2.45, 2.75) is 122 Å². The molecule has 1 aliphatic heterocycles. The van der Waals surface area contributed by atoms with Crippen molar-refractivity contribution in [2.24, 2.45) is 22.4 Å². The summed E-state index contributed by atoms with van der Waals surface area (Å²) in [6, 6.07) is 6.16. The zero-order valence-corrected chi connectivity index (χ0v) is 29.9. The zero-order chi connectivity index (χ0) is 36.6. The molecule has 14 heteroatoms. The summed E-state index contributed by atoms with van der Waals surface area (Å²) in [4.78, 5) is 58.2. The van der Waals surface area contributed by atoms with Crippen LogP contribution in [0.5, 0.6) is 0 Å². The van der Waals surface area contributed by atoms with Gasteiger partial charge in [0.05, 0.1) is 7.11 Å². The number of benzene rings is 1. The van der Waals surface area contributed by atoms with Gasteiger partial charge in [0.25, 0.3) is 0 Å². The van der Waals surface area contributed by atoms with Crippen LogP contribution < -0.4 is 22.1 Å². The van der Waals surface area contributed by atoms with E-state index in [1.165, 1.54) is 7.11 Å². The highest BCUT2D eigenvalue weighted by Crippen LogP contribution is 2.45. The molecule has 5 atom stereocenters. The van der Waals surface area contributed by atoms with Crippen LogP contribution in [0.3, 0.4) is 0 Å². The van der Waals surface area contributed by atoms with Crippen LogP contribution in [0.1, 0.15) is 91.2 Å². The maximum atomic E-state index is 14.2. The van der Waals surface area contributed by atoms with Crippen LogP contribution in [-0.2, 0) is 23.7 Å². The Morgan fingerprint density at radius 2 is 1.67 bits per heavy atom. The van der Waals surface area contributed by atoms with E-state index in [1.807, 2.05) is 31.2 Å². The molecule has 1 aliphatic carbocycles. The molecular formula is C35H52N6O8. The maximum absolute atomic E-state index is 14.2. The van der Waals surface area contributed by atoms with E-state index in [0.29, 0.717) is 32.2 Å². The fourth-order valence-electron chi connectivity index (χ4n) is 6.13. The van der Waals surface area contributed by atoms with Gasteiger partial charge in [0, 0.05) is 24.1 Å². The molecule has 2 aliphatic rings. The van der Waals surface area contributed by atoms with E-state index >= 15 is 0 Å². The van der Waals surface area contributed by atoms with E-state index in [1.54, 1.807) is 46.4 Å². The van der Waals surface area contributed by atoms with E-state index < -0.39 is 53.3 Å². The van der Waals surface area contributed by atoms with E-state index in [4.69, 9.17) is 30.4 Å². The number of likely N-dealkylation sites (tertiary alicyclic amines) is 1. The molecule has 2 fully saturated rings. The van der Waals surface area contributed by atoms with Gasteiger partial charge in [-0.05, 0) is 111 Å². The Hall–Kier alpha value is -4.67. The van der Waals surface area contributed by atoms with Gasteiger partial charge in [-0.3, -0.25) is 5.32 Å². The second kappa shape index (κ2) is 16.2. The number of alkyl carbamates (subject to hydrolysis) is 2. The molecule has 1 unspecified atom stereocenters. The number of fused-ring (bicyclic) bond motifs is 1. The lowest BCUT2D eigenvalue weighted by Gasteiger charge is -2.43. The average molecular weight is 685 g/mol. The smallest absolute Gasteiger partial charge is 0.409 e. The molecule has 0 bridgehead atoms. The van der Waals surface area contributed by atoms with Crippen LogP contribution in [-0.4, -0.2) is 83.8 Å². The molecule has 1 saturated carbocycles. The number of amides is 3. The predicted octanol–water partition coefficient (Wildman–Crippen LogP) is 4.07. The number of rotatable bonds is 8. The summed E-state index contributed by atoms with van der Waals surface area (Å²) in [6.45, 7) is 12.6. The van der Waals surface area contributed by atoms with E-state index in [-0.39, 0.29) is 30.8 Å². The molecule has 0 radical (unpaired) electrons. The van der Waals surface area contributed by atoms with Crippen LogP contribution in [0, 0.1) is 24.7 Å². The Labute approximate surface area is 289 Å². The van der Waals surface area contributed by atoms with Crippen molar-refractivity contribution < 1.29 is 38.1 Å². The quantitative estimate of drug-likeness (QED) is 0.102. The Morgan fingerprint density at radius 1 is 1.02 bits per heavy atom. The molecule has 6 N–H and O–H groups in total. The lowest BCUT2D eigenvalue weighted by molar-refractivity contribution is -0.165. The first kappa shape index (κ1) is 38.8.